The monoisotopic (exact) mass is 346 g/mol. The molecule has 1 fully saturated rings. The Kier molecular flexibility index (Phi) is 5.20. The van der Waals surface area contributed by atoms with Crippen LogP contribution in [0.1, 0.15) is 42.7 Å². The van der Waals surface area contributed by atoms with Crippen LogP contribution in [0.15, 0.2) is 40.8 Å². The first kappa shape index (κ1) is 16.6. The van der Waals surface area contributed by atoms with Gasteiger partial charge in [-0.25, -0.2) is 0 Å². The second kappa shape index (κ2) is 7.53. The molecule has 6 heteroatoms. The van der Waals surface area contributed by atoms with Crippen molar-refractivity contribution in [3.8, 4) is 11.3 Å². The van der Waals surface area contributed by atoms with Crippen molar-refractivity contribution >= 4 is 23.4 Å². The highest BCUT2D eigenvalue weighted by Gasteiger charge is 2.22. The SMILES string of the molecule is O=C(NNC(=O)C1CCCCC1)c1ccc(-c2ccccc2Cl)o1. The number of rotatable bonds is 3. The fraction of sp³-hybridized carbons (Fsp3) is 0.333. The first-order valence-corrected chi connectivity index (χ1v) is 8.48. The normalized spacial score (nSPS) is 15.0. The van der Waals surface area contributed by atoms with Gasteiger partial charge in [0.05, 0.1) is 5.02 Å². The molecule has 1 heterocycles. The molecule has 3 rings (SSSR count). The minimum atomic E-state index is -0.488. The molecule has 0 spiro atoms. The van der Waals surface area contributed by atoms with Crippen LogP contribution in [0.2, 0.25) is 5.02 Å². The van der Waals surface area contributed by atoms with Gasteiger partial charge in [-0.05, 0) is 37.1 Å². The van der Waals surface area contributed by atoms with E-state index in [1.165, 1.54) is 6.42 Å². The van der Waals surface area contributed by atoms with E-state index in [0.717, 1.165) is 25.7 Å². The Bertz CT molecular complexity index is 735. The van der Waals surface area contributed by atoms with Gasteiger partial charge >= 0.3 is 5.91 Å². The predicted molar refractivity (Wildman–Crippen MR) is 91.3 cm³/mol. The van der Waals surface area contributed by atoms with E-state index in [9.17, 15) is 9.59 Å². The average Bonchev–Trinajstić information content (AvgIpc) is 3.10. The van der Waals surface area contributed by atoms with Gasteiger partial charge in [0.2, 0.25) is 5.91 Å². The fourth-order valence-electron chi connectivity index (χ4n) is 2.91. The molecule has 2 N–H and O–H groups in total. The molecule has 0 unspecified atom stereocenters. The maximum atomic E-state index is 12.1. The lowest BCUT2D eigenvalue weighted by Gasteiger charge is -2.20. The van der Waals surface area contributed by atoms with E-state index in [2.05, 4.69) is 10.9 Å². The van der Waals surface area contributed by atoms with Gasteiger partial charge in [0.1, 0.15) is 5.76 Å². The third kappa shape index (κ3) is 3.79. The van der Waals surface area contributed by atoms with Gasteiger partial charge in [-0.3, -0.25) is 20.4 Å². The topological polar surface area (TPSA) is 71.3 Å². The molecule has 1 saturated carbocycles. The number of nitrogens with one attached hydrogen (secondary N) is 2. The summed E-state index contributed by atoms with van der Waals surface area (Å²) in [5.74, 6) is -0.0223. The van der Waals surface area contributed by atoms with Gasteiger partial charge in [0.15, 0.2) is 5.76 Å². The zero-order valence-corrected chi connectivity index (χ0v) is 13.9. The maximum absolute atomic E-state index is 12.1. The molecule has 1 aromatic heterocycles. The van der Waals surface area contributed by atoms with Gasteiger partial charge in [0, 0.05) is 11.5 Å². The van der Waals surface area contributed by atoms with Crippen LogP contribution in [0.25, 0.3) is 11.3 Å². The lowest BCUT2D eigenvalue weighted by atomic mass is 9.89. The highest BCUT2D eigenvalue weighted by atomic mass is 35.5. The van der Waals surface area contributed by atoms with Crippen molar-refractivity contribution in [2.45, 2.75) is 32.1 Å². The minimum absolute atomic E-state index is 0.0191. The molecule has 1 aromatic carbocycles. The molecule has 0 bridgehead atoms. The van der Waals surface area contributed by atoms with E-state index in [0.29, 0.717) is 16.3 Å². The van der Waals surface area contributed by atoms with E-state index in [-0.39, 0.29) is 17.6 Å². The molecule has 5 nitrogen and oxygen atoms in total. The van der Waals surface area contributed by atoms with Crippen molar-refractivity contribution in [1.82, 2.24) is 10.9 Å². The quantitative estimate of drug-likeness (QED) is 0.827. The van der Waals surface area contributed by atoms with Crippen LogP contribution in [0, 0.1) is 5.92 Å². The maximum Gasteiger partial charge on any atom is 0.305 e. The number of carbonyl (C=O) groups is 2. The van der Waals surface area contributed by atoms with Crippen LogP contribution in [0.5, 0.6) is 0 Å². The Hall–Kier alpha value is -2.27. The molecule has 1 aliphatic rings. The zero-order chi connectivity index (χ0) is 16.9. The average molecular weight is 347 g/mol. The van der Waals surface area contributed by atoms with E-state index in [4.69, 9.17) is 16.0 Å². The van der Waals surface area contributed by atoms with Crippen molar-refractivity contribution < 1.29 is 14.0 Å². The largest absolute Gasteiger partial charge is 0.451 e. The number of halogens is 1. The fourth-order valence-corrected chi connectivity index (χ4v) is 3.14. The van der Waals surface area contributed by atoms with E-state index >= 15 is 0 Å². The Morgan fingerprint density at radius 1 is 1.00 bits per heavy atom. The van der Waals surface area contributed by atoms with Gasteiger partial charge in [-0.1, -0.05) is 43.0 Å². The molecule has 0 radical (unpaired) electrons. The molecular formula is C18H19ClN2O3. The minimum Gasteiger partial charge on any atom is -0.451 e. The smallest absolute Gasteiger partial charge is 0.305 e. The molecule has 2 aromatic rings. The van der Waals surface area contributed by atoms with Gasteiger partial charge in [0.25, 0.3) is 0 Å². The molecule has 1 aliphatic carbocycles. The number of hydrogen-bond acceptors (Lipinski definition) is 3. The molecule has 126 valence electrons. The van der Waals surface area contributed by atoms with Crippen molar-refractivity contribution in [3.05, 3.63) is 47.2 Å². The van der Waals surface area contributed by atoms with Crippen molar-refractivity contribution in [2.24, 2.45) is 5.92 Å². The Morgan fingerprint density at radius 2 is 1.75 bits per heavy atom. The molecular weight excluding hydrogens is 328 g/mol. The summed E-state index contributed by atoms with van der Waals surface area (Å²) in [5.41, 5.74) is 5.61. The van der Waals surface area contributed by atoms with E-state index < -0.39 is 5.91 Å². The van der Waals surface area contributed by atoms with E-state index in [1.807, 2.05) is 18.2 Å². The van der Waals surface area contributed by atoms with Gasteiger partial charge < -0.3 is 4.42 Å². The second-order valence-electron chi connectivity index (χ2n) is 5.92. The summed E-state index contributed by atoms with van der Waals surface area (Å²) in [5, 5.41) is 0.546. The number of hydrazine groups is 1. The highest BCUT2D eigenvalue weighted by Crippen LogP contribution is 2.29. The number of furan rings is 1. The Labute approximate surface area is 145 Å². The van der Waals surface area contributed by atoms with Crippen LogP contribution in [0.4, 0.5) is 0 Å². The highest BCUT2D eigenvalue weighted by molar-refractivity contribution is 6.33. The second-order valence-corrected chi connectivity index (χ2v) is 6.33. The third-order valence-corrected chi connectivity index (χ3v) is 4.57. The summed E-state index contributed by atoms with van der Waals surface area (Å²) in [6.45, 7) is 0. The summed E-state index contributed by atoms with van der Waals surface area (Å²) in [6.07, 6.45) is 5.04. The molecule has 0 aliphatic heterocycles. The number of amides is 2. The summed E-state index contributed by atoms with van der Waals surface area (Å²) < 4.78 is 5.54. The van der Waals surface area contributed by atoms with Crippen molar-refractivity contribution in [1.29, 1.82) is 0 Å². The van der Waals surface area contributed by atoms with Crippen LogP contribution in [0.3, 0.4) is 0 Å². The molecule has 24 heavy (non-hydrogen) atoms. The number of carbonyl (C=O) groups excluding carboxylic acids is 2. The van der Waals surface area contributed by atoms with Crippen LogP contribution in [-0.4, -0.2) is 11.8 Å². The lowest BCUT2D eigenvalue weighted by molar-refractivity contribution is -0.126. The summed E-state index contributed by atoms with van der Waals surface area (Å²) in [7, 11) is 0. The number of benzene rings is 1. The summed E-state index contributed by atoms with van der Waals surface area (Å²) in [6, 6.07) is 10.5. The first-order valence-electron chi connectivity index (χ1n) is 8.10. The van der Waals surface area contributed by atoms with Crippen LogP contribution < -0.4 is 10.9 Å². The lowest BCUT2D eigenvalue weighted by Crippen LogP contribution is -2.44. The number of hydrogen-bond donors (Lipinski definition) is 2. The summed E-state index contributed by atoms with van der Waals surface area (Å²) >= 11 is 6.12. The van der Waals surface area contributed by atoms with Crippen molar-refractivity contribution in [3.63, 3.8) is 0 Å². The Morgan fingerprint density at radius 3 is 2.50 bits per heavy atom. The zero-order valence-electron chi connectivity index (χ0n) is 13.2. The van der Waals surface area contributed by atoms with Crippen molar-refractivity contribution in [2.75, 3.05) is 0 Å². The third-order valence-electron chi connectivity index (χ3n) is 4.24. The standard InChI is InChI=1S/C18H19ClN2O3/c19-14-9-5-4-8-13(14)15-10-11-16(24-15)18(23)21-20-17(22)12-6-2-1-3-7-12/h4-5,8-12H,1-3,6-7H2,(H,20,22)(H,21,23). The van der Waals surface area contributed by atoms with Crippen LogP contribution >= 0.6 is 11.6 Å². The molecule has 0 atom stereocenters. The van der Waals surface area contributed by atoms with E-state index in [1.54, 1.807) is 18.2 Å². The summed E-state index contributed by atoms with van der Waals surface area (Å²) in [4.78, 5) is 24.1. The predicted octanol–water partition coefficient (Wildman–Crippen LogP) is 3.94. The Balaban J connectivity index is 1.60. The van der Waals surface area contributed by atoms with Gasteiger partial charge in [-0.15, -0.1) is 0 Å². The molecule has 0 saturated heterocycles. The van der Waals surface area contributed by atoms with Gasteiger partial charge in [-0.2, -0.15) is 0 Å². The van der Waals surface area contributed by atoms with Crippen LogP contribution in [-0.2, 0) is 4.79 Å². The molecule has 2 amide bonds. The first-order chi connectivity index (χ1) is 11.6.